The lowest BCUT2D eigenvalue weighted by atomic mass is 9.71. The topological polar surface area (TPSA) is 177 Å². The van der Waals surface area contributed by atoms with Crippen LogP contribution in [0.4, 0.5) is 0 Å². The predicted octanol–water partition coefficient (Wildman–Crippen LogP) is 0.861. The van der Waals surface area contributed by atoms with Crippen molar-refractivity contribution >= 4 is 0 Å². The zero-order valence-corrected chi connectivity index (χ0v) is 24.7. The molecule has 0 saturated carbocycles. The van der Waals surface area contributed by atoms with Crippen molar-refractivity contribution in [1.29, 1.82) is 0 Å². The molecule has 232 valence electrons. The molecule has 0 spiro atoms. The van der Waals surface area contributed by atoms with Gasteiger partial charge in [0.2, 0.25) is 0 Å². The highest BCUT2D eigenvalue weighted by Gasteiger charge is 2.54. The molecule has 0 bridgehead atoms. The average molecular weight is 585 g/mol. The summed E-state index contributed by atoms with van der Waals surface area (Å²) in [5.41, 5.74) is -4.00. The standard InChI is InChI=1S/C29H44O12/c1-8-9-28(34,14-17-10-22(38-4)24(40-6)12-20(17)36-2)27(33)29(35,26(32)19(31)16-30)15-18-11-23(39-5)25(41-7)13-21(18)37-3/h10-13,19,26-27,30-35H,8-9,14-16H2,1-7H3/t19-,26+,27+,28?,29+/m0/s1. The molecule has 12 nitrogen and oxygen atoms in total. The Balaban J connectivity index is 2.72. The van der Waals surface area contributed by atoms with Crippen molar-refractivity contribution in [3.05, 3.63) is 35.4 Å². The van der Waals surface area contributed by atoms with Crippen molar-refractivity contribution in [2.75, 3.05) is 49.3 Å². The molecule has 0 heterocycles. The second-order valence-corrected chi connectivity index (χ2v) is 9.83. The van der Waals surface area contributed by atoms with E-state index >= 15 is 0 Å². The van der Waals surface area contributed by atoms with Gasteiger partial charge in [-0.05, 0) is 18.6 Å². The molecule has 0 aliphatic heterocycles. The van der Waals surface area contributed by atoms with E-state index in [0.29, 0.717) is 35.0 Å². The third-order valence-corrected chi connectivity index (χ3v) is 7.27. The maximum absolute atomic E-state index is 12.0. The number of aliphatic hydroxyl groups excluding tert-OH is 4. The van der Waals surface area contributed by atoms with Crippen LogP contribution in [0.25, 0.3) is 0 Å². The lowest BCUT2D eigenvalue weighted by Crippen LogP contribution is -2.66. The minimum absolute atomic E-state index is 0.0288. The van der Waals surface area contributed by atoms with Crippen LogP contribution in [0.1, 0.15) is 30.9 Å². The molecule has 1 unspecified atom stereocenters. The first-order valence-electron chi connectivity index (χ1n) is 13.1. The van der Waals surface area contributed by atoms with Gasteiger partial charge in [-0.15, -0.1) is 0 Å². The summed E-state index contributed by atoms with van der Waals surface area (Å²) in [5.74, 6) is 1.88. The van der Waals surface area contributed by atoms with Crippen molar-refractivity contribution in [2.24, 2.45) is 0 Å². The predicted molar refractivity (Wildman–Crippen MR) is 150 cm³/mol. The number of hydrogen-bond acceptors (Lipinski definition) is 12. The van der Waals surface area contributed by atoms with Gasteiger partial charge in [-0.25, -0.2) is 0 Å². The van der Waals surface area contributed by atoms with Crippen LogP contribution < -0.4 is 28.4 Å². The number of benzene rings is 2. The molecule has 0 aliphatic rings. The lowest BCUT2D eigenvalue weighted by Gasteiger charge is -2.46. The monoisotopic (exact) mass is 584 g/mol. The molecule has 0 aromatic heterocycles. The summed E-state index contributed by atoms with van der Waals surface area (Å²) in [6, 6.07) is 6.14. The molecule has 2 aromatic carbocycles. The Morgan fingerprint density at radius 1 is 0.634 bits per heavy atom. The molecule has 2 rings (SSSR count). The smallest absolute Gasteiger partial charge is 0.164 e. The quantitative estimate of drug-likeness (QED) is 0.155. The average Bonchev–Trinajstić information content (AvgIpc) is 2.99. The molecule has 0 saturated heterocycles. The lowest BCUT2D eigenvalue weighted by molar-refractivity contribution is -0.230. The molecule has 6 N–H and O–H groups in total. The maximum Gasteiger partial charge on any atom is 0.164 e. The van der Waals surface area contributed by atoms with Crippen LogP contribution in [0.15, 0.2) is 24.3 Å². The van der Waals surface area contributed by atoms with Crippen molar-refractivity contribution in [1.82, 2.24) is 0 Å². The summed E-state index contributed by atoms with van der Waals surface area (Å²) in [6.07, 6.45) is -6.46. The zero-order valence-electron chi connectivity index (χ0n) is 24.7. The first-order chi connectivity index (χ1) is 19.4. The van der Waals surface area contributed by atoms with Gasteiger partial charge in [0.05, 0.1) is 54.9 Å². The highest BCUT2D eigenvalue weighted by molar-refractivity contribution is 5.52. The van der Waals surface area contributed by atoms with E-state index in [1.54, 1.807) is 19.1 Å². The van der Waals surface area contributed by atoms with Gasteiger partial charge in [0, 0.05) is 36.1 Å². The van der Waals surface area contributed by atoms with E-state index in [1.807, 2.05) is 0 Å². The normalized spacial score (nSPS) is 16.5. The van der Waals surface area contributed by atoms with E-state index in [9.17, 15) is 30.6 Å². The van der Waals surface area contributed by atoms with E-state index in [4.69, 9.17) is 28.4 Å². The Labute approximate surface area is 240 Å². The summed E-state index contributed by atoms with van der Waals surface area (Å²) >= 11 is 0. The molecule has 12 heteroatoms. The first-order valence-corrected chi connectivity index (χ1v) is 13.1. The zero-order chi connectivity index (χ0) is 31.0. The summed E-state index contributed by atoms with van der Waals surface area (Å²) in [4.78, 5) is 0. The second kappa shape index (κ2) is 14.8. The van der Waals surface area contributed by atoms with Gasteiger partial charge in [-0.3, -0.25) is 0 Å². The molecule has 0 aliphatic carbocycles. The van der Waals surface area contributed by atoms with E-state index in [0.717, 1.165) is 0 Å². The molecule has 2 aromatic rings. The van der Waals surface area contributed by atoms with Crippen LogP contribution in [0, 0.1) is 0 Å². The van der Waals surface area contributed by atoms with Gasteiger partial charge in [-0.2, -0.15) is 0 Å². The minimum atomic E-state index is -2.61. The molecule has 5 atom stereocenters. The molecular weight excluding hydrogens is 540 g/mol. The molecule has 41 heavy (non-hydrogen) atoms. The van der Waals surface area contributed by atoms with Crippen LogP contribution in [0.5, 0.6) is 34.5 Å². The van der Waals surface area contributed by atoms with Gasteiger partial charge in [-0.1, -0.05) is 13.3 Å². The fourth-order valence-electron chi connectivity index (χ4n) is 5.11. The number of rotatable bonds is 17. The summed E-state index contributed by atoms with van der Waals surface area (Å²) < 4.78 is 32.4. The third kappa shape index (κ3) is 7.26. The Kier molecular flexibility index (Phi) is 12.3. The van der Waals surface area contributed by atoms with Crippen molar-refractivity contribution in [2.45, 2.75) is 62.1 Å². The Morgan fingerprint density at radius 3 is 1.39 bits per heavy atom. The fourth-order valence-corrected chi connectivity index (χ4v) is 5.11. The van der Waals surface area contributed by atoms with Crippen LogP contribution in [-0.2, 0) is 12.8 Å². The van der Waals surface area contributed by atoms with Crippen LogP contribution in [-0.4, -0.2) is 109 Å². The van der Waals surface area contributed by atoms with Crippen molar-refractivity contribution < 1.29 is 59.1 Å². The van der Waals surface area contributed by atoms with Gasteiger partial charge in [0.25, 0.3) is 0 Å². The van der Waals surface area contributed by atoms with Crippen LogP contribution in [0.3, 0.4) is 0 Å². The number of methoxy groups -OCH3 is 6. The molecule has 0 fully saturated rings. The molecule has 0 amide bonds. The Hall–Kier alpha value is -3.00. The number of hydrogen-bond donors (Lipinski definition) is 6. The van der Waals surface area contributed by atoms with Crippen LogP contribution >= 0.6 is 0 Å². The Bertz CT molecular complexity index is 1130. The summed E-state index contributed by atoms with van der Waals surface area (Å²) in [5, 5.41) is 67.0. The number of ether oxygens (including phenoxy) is 6. The number of aliphatic hydroxyl groups is 6. The third-order valence-electron chi connectivity index (χ3n) is 7.27. The highest BCUT2D eigenvalue weighted by Crippen LogP contribution is 2.42. The largest absolute Gasteiger partial charge is 0.496 e. The van der Waals surface area contributed by atoms with E-state index in [-0.39, 0.29) is 29.9 Å². The highest BCUT2D eigenvalue weighted by atomic mass is 16.5. The van der Waals surface area contributed by atoms with E-state index in [2.05, 4.69) is 0 Å². The fraction of sp³-hybridized carbons (Fsp3) is 0.586. The Morgan fingerprint density at radius 2 is 1.02 bits per heavy atom. The van der Waals surface area contributed by atoms with Gasteiger partial charge >= 0.3 is 0 Å². The second-order valence-electron chi connectivity index (χ2n) is 9.83. The SMILES string of the molecule is CCCC(O)(Cc1cc(OC)c(OC)cc1OC)[C@@H](O)[C@@](O)(Cc1cc(OC)c(OC)cc1OC)[C@H](O)[C@@H](O)CO. The first kappa shape index (κ1) is 34.2. The minimum Gasteiger partial charge on any atom is -0.496 e. The summed E-state index contributed by atoms with van der Waals surface area (Å²) in [7, 11) is 8.58. The van der Waals surface area contributed by atoms with Gasteiger partial charge in [0.15, 0.2) is 23.0 Å². The van der Waals surface area contributed by atoms with Crippen molar-refractivity contribution in [3.8, 4) is 34.5 Å². The van der Waals surface area contributed by atoms with E-state index in [1.165, 1.54) is 54.8 Å². The van der Waals surface area contributed by atoms with Gasteiger partial charge < -0.3 is 59.1 Å². The van der Waals surface area contributed by atoms with E-state index < -0.39 is 42.5 Å². The molecular formula is C29H44O12. The van der Waals surface area contributed by atoms with Crippen molar-refractivity contribution in [3.63, 3.8) is 0 Å². The van der Waals surface area contributed by atoms with Crippen LogP contribution in [0.2, 0.25) is 0 Å². The molecule has 0 radical (unpaired) electrons. The maximum atomic E-state index is 12.0. The van der Waals surface area contributed by atoms with Gasteiger partial charge in [0.1, 0.15) is 35.4 Å². The summed E-state index contributed by atoms with van der Waals surface area (Å²) in [6.45, 7) is 0.855.